The van der Waals surface area contributed by atoms with Crippen molar-refractivity contribution in [2.45, 2.75) is 58.0 Å². The van der Waals surface area contributed by atoms with Gasteiger partial charge in [-0.25, -0.2) is 0 Å². The second-order valence-corrected chi connectivity index (χ2v) is 5.21. The Kier molecular flexibility index (Phi) is 3.22. The highest BCUT2D eigenvalue weighted by atomic mass is 16.2. The largest absolute Gasteiger partial charge is 0.369 e. The lowest BCUT2D eigenvalue weighted by Gasteiger charge is -2.33. The first kappa shape index (κ1) is 12.1. The van der Waals surface area contributed by atoms with Crippen molar-refractivity contribution >= 4 is 11.8 Å². The predicted octanol–water partition coefficient (Wildman–Crippen LogP) is 1.35. The van der Waals surface area contributed by atoms with Crippen molar-refractivity contribution in [2.75, 3.05) is 0 Å². The normalized spacial score (nSPS) is 24.5. The van der Waals surface area contributed by atoms with Crippen LogP contribution in [0.5, 0.6) is 0 Å². The quantitative estimate of drug-likeness (QED) is 0.804. The van der Waals surface area contributed by atoms with E-state index in [2.05, 4.69) is 0 Å². The van der Waals surface area contributed by atoms with Crippen LogP contribution in [0, 0.1) is 0 Å². The molecular weight excluding hydrogens is 216 g/mol. The van der Waals surface area contributed by atoms with E-state index in [0.29, 0.717) is 5.57 Å². The Morgan fingerprint density at radius 2 is 2.18 bits per heavy atom. The van der Waals surface area contributed by atoms with Gasteiger partial charge in [-0.1, -0.05) is 6.42 Å². The molecule has 2 aliphatic rings. The number of fused-ring (bicyclic) bond motifs is 1. The first-order valence-electron chi connectivity index (χ1n) is 6.35. The molecule has 1 saturated carbocycles. The lowest BCUT2D eigenvalue weighted by atomic mass is 9.88. The number of hydrogen-bond acceptors (Lipinski definition) is 2. The first-order chi connectivity index (χ1) is 8.02. The van der Waals surface area contributed by atoms with Crippen molar-refractivity contribution in [3.8, 4) is 0 Å². The van der Waals surface area contributed by atoms with Crippen LogP contribution in [0.3, 0.4) is 0 Å². The Bertz CT molecular complexity index is 385. The molecule has 1 aliphatic heterocycles. The highest BCUT2D eigenvalue weighted by Gasteiger charge is 2.41. The summed E-state index contributed by atoms with van der Waals surface area (Å²) >= 11 is 0. The van der Waals surface area contributed by atoms with E-state index in [9.17, 15) is 9.59 Å². The Balaban J connectivity index is 2.33. The molecule has 1 aliphatic carbocycles. The summed E-state index contributed by atoms with van der Waals surface area (Å²) in [6, 6.07) is 0.413. The fourth-order valence-corrected chi connectivity index (χ4v) is 3.05. The average Bonchev–Trinajstić information content (AvgIpc) is 2.52. The predicted molar refractivity (Wildman–Crippen MR) is 65.1 cm³/mol. The summed E-state index contributed by atoms with van der Waals surface area (Å²) in [7, 11) is 0. The van der Waals surface area contributed by atoms with Gasteiger partial charge in [0.05, 0.1) is 12.5 Å². The number of nitrogens with two attached hydrogens (primary N) is 1. The van der Waals surface area contributed by atoms with Gasteiger partial charge in [-0.15, -0.1) is 0 Å². The van der Waals surface area contributed by atoms with Gasteiger partial charge in [0.15, 0.2) is 0 Å². The molecule has 2 rings (SSSR count). The summed E-state index contributed by atoms with van der Waals surface area (Å²) in [4.78, 5) is 25.3. The van der Waals surface area contributed by atoms with Crippen molar-refractivity contribution in [3.63, 3.8) is 0 Å². The Labute approximate surface area is 102 Å². The molecule has 1 atom stereocenters. The number of carbonyl (C=O) groups is 2. The smallest absolute Gasteiger partial charge is 0.251 e. The third-order valence-corrected chi connectivity index (χ3v) is 3.70. The number of carbonyl (C=O) groups excluding carboxylic acids is 2. The third kappa shape index (κ3) is 2.08. The third-order valence-electron chi connectivity index (χ3n) is 3.70. The van der Waals surface area contributed by atoms with Gasteiger partial charge in [0.2, 0.25) is 5.91 Å². The zero-order valence-electron chi connectivity index (χ0n) is 10.5. The molecule has 1 fully saturated rings. The van der Waals surface area contributed by atoms with Crippen molar-refractivity contribution in [3.05, 3.63) is 11.1 Å². The van der Waals surface area contributed by atoms with Crippen molar-refractivity contribution < 1.29 is 9.59 Å². The summed E-state index contributed by atoms with van der Waals surface area (Å²) in [6.45, 7) is 4.05. The summed E-state index contributed by atoms with van der Waals surface area (Å²) < 4.78 is 0. The van der Waals surface area contributed by atoms with E-state index in [1.807, 2.05) is 18.7 Å². The highest BCUT2D eigenvalue weighted by molar-refractivity contribution is 6.02. The van der Waals surface area contributed by atoms with Crippen LogP contribution in [-0.2, 0) is 9.59 Å². The Hall–Kier alpha value is -1.32. The van der Waals surface area contributed by atoms with Gasteiger partial charge >= 0.3 is 0 Å². The van der Waals surface area contributed by atoms with Gasteiger partial charge in [0, 0.05) is 11.6 Å². The molecule has 2 N–H and O–H groups in total. The van der Waals surface area contributed by atoms with Crippen molar-refractivity contribution in [1.82, 2.24) is 4.90 Å². The topological polar surface area (TPSA) is 63.4 Å². The minimum atomic E-state index is -0.407. The molecule has 4 nitrogen and oxygen atoms in total. The minimum Gasteiger partial charge on any atom is -0.369 e. The average molecular weight is 236 g/mol. The van der Waals surface area contributed by atoms with Crippen LogP contribution in [0.4, 0.5) is 0 Å². The molecule has 0 spiro atoms. The number of nitrogens with zero attached hydrogens (tertiary/aromatic N) is 1. The summed E-state index contributed by atoms with van der Waals surface area (Å²) in [6.07, 6.45) is 4.36. The van der Waals surface area contributed by atoms with Gasteiger partial charge < -0.3 is 10.6 Å². The second kappa shape index (κ2) is 4.51. The summed E-state index contributed by atoms with van der Waals surface area (Å²) in [5, 5.41) is 0. The molecule has 0 aromatic rings. The molecule has 0 aromatic heterocycles. The Morgan fingerprint density at radius 1 is 1.47 bits per heavy atom. The maximum atomic E-state index is 12.3. The standard InChI is InChI=1S/C13H20N2O2/c1-8(2)15-11-6-4-3-5-9(11)10(13(15)17)7-12(14)16/h8,11H,3-7H2,1-2H3,(H2,14,16). The lowest BCUT2D eigenvalue weighted by molar-refractivity contribution is -0.130. The molecule has 0 radical (unpaired) electrons. The summed E-state index contributed by atoms with van der Waals surface area (Å²) in [5.41, 5.74) is 7.09. The Morgan fingerprint density at radius 3 is 2.76 bits per heavy atom. The monoisotopic (exact) mass is 236 g/mol. The van der Waals surface area contributed by atoms with Crippen molar-refractivity contribution in [2.24, 2.45) is 5.73 Å². The number of rotatable bonds is 3. The van der Waals surface area contributed by atoms with Crippen LogP contribution in [0.15, 0.2) is 11.1 Å². The van der Waals surface area contributed by atoms with Crippen LogP contribution < -0.4 is 5.73 Å². The molecule has 94 valence electrons. The minimum absolute atomic E-state index is 0.0284. The molecule has 0 bridgehead atoms. The van der Waals surface area contributed by atoms with Gasteiger partial charge in [-0.3, -0.25) is 9.59 Å². The maximum Gasteiger partial charge on any atom is 0.251 e. The van der Waals surface area contributed by atoms with Crippen LogP contribution in [0.1, 0.15) is 46.0 Å². The van der Waals surface area contributed by atoms with Gasteiger partial charge in [0.1, 0.15) is 0 Å². The van der Waals surface area contributed by atoms with E-state index in [-0.39, 0.29) is 24.4 Å². The number of hydrogen-bond donors (Lipinski definition) is 1. The van der Waals surface area contributed by atoms with Gasteiger partial charge in [0.25, 0.3) is 5.91 Å². The van der Waals surface area contributed by atoms with Crippen LogP contribution in [-0.4, -0.2) is 28.8 Å². The molecule has 0 saturated heterocycles. The van der Waals surface area contributed by atoms with Crippen LogP contribution >= 0.6 is 0 Å². The zero-order chi connectivity index (χ0) is 12.6. The molecule has 0 aromatic carbocycles. The van der Waals surface area contributed by atoms with E-state index >= 15 is 0 Å². The van der Waals surface area contributed by atoms with Gasteiger partial charge in [-0.05, 0) is 38.7 Å². The summed E-state index contributed by atoms with van der Waals surface area (Å²) in [5.74, 6) is -0.378. The fraction of sp³-hybridized carbons (Fsp3) is 0.692. The molecule has 1 unspecified atom stereocenters. The van der Waals surface area contributed by atoms with E-state index in [4.69, 9.17) is 5.73 Å². The molecule has 17 heavy (non-hydrogen) atoms. The van der Waals surface area contributed by atoms with Crippen molar-refractivity contribution in [1.29, 1.82) is 0 Å². The van der Waals surface area contributed by atoms with Crippen LogP contribution in [0.25, 0.3) is 0 Å². The van der Waals surface area contributed by atoms with E-state index < -0.39 is 5.91 Å². The number of primary amides is 1. The van der Waals surface area contributed by atoms with Gasteiger partial charge in [-0.2, -0.15) is 0 Å². The molecular formula is C13H20N2O2. The van der Waals surface area contributed by atoms with E-state index in [0.717, 1.165) is 25.7 Å². The zero-order valence-corrected chi connectivity index (χ0v) is 10.5. The molecule has 4 heteroatoms. The lowest BCUT2D eigenvalue weighted by Crippen LogP contribution is -2.41. The second-order valence-electron chi connectivity index (χ2n) is 5.21. The highest BCUT2D eigenvalue weighted by Crippen LogP contribution is 2.38. The fourth-order valence-electron chi connectivity index (χ4n) is 3.05. The molecule has 2 amide bonds. The van der Waals surface area contributed by atoms with Crippen LogP contribution in [0.2, 0.25) is 0 Å². The number of amides is 2. The SMILES string of the molecule is CC(C)N1C(=O)C(CC(N)=O)=C2CCCCC21. The maximum absolute atomic E-state index is 12.3. The first-order valence-corrected chi connectivity index (χ1v) is 6.35. The molecule has 1 heterocycles. The van der Waals surface area contributed by atoms with E-state index in [1.165, 1.54) is 5.57 Å². The van der Waals surface area contributed by atoms with E-state index in [1.54, 1.807) is 0 Å².